The summed E-state index contributed by atoms with van der Waals surface area (Å²) in [7, 11) is 0. The van der Waals surface area contributed by atoms with Crippen LogP contribution in [0.25, 0.3) is 0 Å². The second-order valence-corrected chi connectivity index (χ2v) is 8.18. The van der Waals surface area contributed by atoms with Gasteiger partial charge in [-0.1, -0.05) is 13.8 Å². The molecule has 0 bridgehead atoms. The number of nitrogens with one attached hydrogen (secondary N) is 1. The van der Waals surface area contributed by atoms with Gasteiger partial charge in [0, 0.05) is 18.7 Å². The molecule has 2 saturated heterocycles. The van der Waals surface area contributed by atoms with Gasteiger partial charge in [0.25, 0.3) is 0 Å². The highest BCUT2D eigenvalue weighted by atomic mass is 32.2. The highest BCUT2D eigenvalue weighted by Gasteiger charge is 2.52. The van der Waals surface area contributed by atoms with Gasteiger partial charge in [0.05, 0.1) is 10.8 Å². The Hall–Kier alpha value is -1.24. The fourth-order valence-corrected chi connectivity index (χ4v) is 4.63. The Balaban J connectivity index is 1.95. The highest BCUT2D eigenvalue weighted by Crippen LogP contribution is 2.47. The third kappa shape index (κ3) is 3.39. The largest absolute Gasteiger partial charge is 0.481 e. The summed E-state index contributed by atoms with van der Waals surface area (Å²) in [6, 6.07) is -0.474. The van der Waals surface area contributed by atoms with Crippen molar-refractivity contribution >= 4 is 29.5 Å². The maximum atomic E-state index is 12.4. The molecule has 0 saturated carbocycles. The number of thioether (sulfide) groups is 1. The van der Waals surface area contributed by atoms with Gasteiger partial charge in [-0.15, -0.1) is 11.8 Å². The topological polar surface area (TPSA) is 86.7 Å². The number of carbonyl (C=O) groups excluding carboxylic acids is 2. The molecule has 0 radical (unpaired) electrons. The summed E-state index contributed by atoms with van der Waals surface area (Å²) in [5, 5.41) is 11.9. The zero-order valence-electron chi connectivity index (χ0n) is 13.3. The Kier molecular flexibility index (Phi) is 5.04. The smallest absolute Gasteiger partial charge is 0.308 e. The molecule has 2 aliphatic rings. The lowest BCUT2D eigenvalue weighted by Crippen LogP contribution is -2.51. The first-order valence-corrected chi connectivity index (χ1v) is 8.70. The molecule has 2 rings (SSSR count). The summed E-state index contributed by atoms with van der Waals surface area (Å²) in [6.45, 7) is 6.03. The number of aliphatic carboxylic acids is 1. The van der Waals surface area contributed by atoms with E-state index in [0.717, 1.165) is 6.42 Å². The minimum atomic E-state index is -0.892. The molecule has 6 nitrogen and oxygen atoms in total. The molecule has 2 heterocycles. The van der Waals surface area contributed by atoms with Gasteiger partial charge in [0.15, 0.2) is 0 Å². The molecule has 124 valence electrons. The molecule has 3 atom stereocenters. The zero-order chi connectivity index (χ0) is 16.5. The van der Waals surface area contributed by atoms with E-state index in [9.17, 15) is 19.5 Å². The van der Waals surface area contributed by atoms with Gasteiger partial charge < -0.3 is 15.3 Å². The summed E-state index contributed by atoms with van der Waals surface area (Å²) in [6.07, 6.45) is 1.78. The van der Waals surface area contributed by atoms with Crippen molar-refractivity contribution in [2.75, 3.05) is 12.3 Å². The van der Waals surface area contributed by atoms with Crippen LogP contribution >= 0.6 is 11.8 Å². The molecule has 7 heteroatoms. The molecule has 0 aliphatic carbocycles. The van der Waals surface area contributed by atoms with Crippen molar-refractivity contribution in [3.8, 4) is 0 Å². The van der Waals surface area contributed by atoms with Gasteiger partial charge in [-0.05, 0) is 25.7 Å². The average Bonchev–Trinajstić information content (AvgIpc) is 2.91. The van der Waals surface area contributed by atoms with E-state index < -0.39 is 17.9 Å². The SMILES string of the molecule is CC(C)CC(CNC(=O)C1CSC2(C)CCC(=O)N12)C(=O)O. The number of fused-ring (bicyclic) bond motifs is 1. The van der Waals surface area contributed by atoms with Gasteiger partial charge in [0.1, 0.15) is 6.04 Å². The van der Waals surface area contributed by atoms with Crippen LogP contribution in [0.15, 0.2) is 0 Å². The average molecular weight is 328 g/mol. The van der Waals surface area contributed by atoms with Crippen molar-refractivity contribution < 1.29 is 19.5 Å². The quantitative estimate of drug-likeness (QED) is 0.767. The van der Waals surface area contributed by atoms with Crippen molar-refractivity contribution in [3.05, 3.63) is 0 Å². The standard InChI is InChI=1S/C15H24N2O4S/c1-9(2)6-10(14(20)21)7-16-13(19)11-8-22-15(3)5-4-12(18)17(11)15/h9-11H,4-8H2,1-3H3,(H,16,19)(H,20,21). The first-order chi connectivity index (χ1) is 10.2. The summed E-state index contributed by atoms with van der Waals surface area (Å²) < 4.78 is 0. The van der Waals surface area contributed by atoms with E-state index >= 15 is 0 Å². The molecule has 0 aromatic rings. The van der Waals surface area contributed by atoms with Crippen LogP contribution in [0.3, 0.4) is 0 Å². The normalized spacial score (nSPS) is 28.8. The van der Waals surface area contributed by atoms with Gasteiger partial charge in [-0.2, -0.15) is 0 Å². The fourth-order valence-electron chi connectivity index (χ4n) is 3.20. The third-order valence-electron chi connectivity index (χ3n) is 4.38. The van der Waals surface area contributed by atoms with Gasteiger partial charge in [0.2, 0.25) is 11.8 Å². The van der Waals surface area contributed by atoms with Crippen molar-refractivity contribution in [1.82, 2.24) is 10.2 Å². The van der Waals surface area contributed by atoms with E-state index in [0.29, 0.717) is 18.6 Å². The molecule has 0 aromatic heterocycles. The molecular formula is C15H24N2O4S. The molecule has 22 heavy (non-hydrogen) atoms. The Morgan fingerprint density at radius 3 is 2.77 bits per heavy atom. The van der Waals surface area contributed by atoms with Crippen molar-refractivity contribution in [3.63, 3.8) is 0 Å². The van der Waals surface area contributed by atoms with E-state index in [-0.39, 0.29) is 29.1 Å². The minimum absolute atomic E-state index is 0.0182. The number of carboxylic acid groups (broad SMARTS) is 1. The third-order valence-corrected chi connectivity index (χ3v) is 5.88. The second kappa shape index (κ2) is 6.48. The predicted molar refractivity (Wildman–Crippen MR) is 84.3 cm³/mol. The number of hydrogen-bond acceptors (Lipinski definition) is 4. The second-order valence-electron chi connectivity index (χ2n) is 6.68. The van der Waals surface area contributed by atoms with Crippen LogP contribution in [-0.4, -0.2) is 51.0 Å². The van der Waals surface area contributed by atoms with Gasteiger partial charge in [-0.3, -0.25) is 14.4 Å². The first-order valence-electron chi connectivity index (χ1n) is 7.71. The van der Waals surface area contributed by atoms with E-state index in [2.05, 4.69) is 5.32 Å². The molecule has 2 aliphatic heterocycles. The molecule has 3 unspecified atom stereocenters. The number of carbonyl (C=O) groups is 3. The van der Waals surface area contributed by atoms with E-state index in [4.69, 9.17) is 0 Å². The van der Waals surface area contributed by atoms with Crippen LogP contribution in [0.5, 0.6) is 0 Å². The van der Waals surface area contributed by atoms with Gasteiger partial charge in [-0.25, -0.2) is 0 Å². The molecule has 2 N–H and O–H groups in total. The van der Waals surface area contributed by atoms with Crippen LogP contribution in [0, 0.1) is 11.8 Å². The number of nitrogens with zero attached hydrogens (tertiary/aromatic N) is 1. The summed E-state index contributed by atoms with van der Waals surface area (Å²) in [4.78, 5) is 37.0. The maximum Gasteiger partial charge on any atom is 0.308 e. The van der Waals surface area contributed by atoms with E-state index in [1.165, 1.54) is 0 Å². The van der Waals surface area contributed by atoms with Crippen molar-refractivity contribution in [1.29, 1.82) is 0 Å². The number of rotatable bonds is 6. The van der Waals surface area contributed by atoms with Crippen molar-refractivity contribution in [2.45, 2.75) is 50.9 Å². The Bertz CT molecular complexity index is 482. The summed E-state index contributed by atoms with van der Waals surface area (Å²) in [5.41, 5.74) is 0. The molecule has 0 spiro atoms. The molecule has 0 aromatic carbocycles. The van der Waals surface area contributed by atoms with Crippen LogP contribution < -0.4 is 5.32 Å². The van der Waals surface area contributed by atoms with Crippen molar-refractivity contribution in [2.24, 2.45) is 11.8 Å². The Morgan fingerprint density at radius 2 is 2.18 bits per heavy atom. The van der Waals surface area contributed by atoms with Crippen LogP contribution in [0.1, 0.15) is 40.0 Å². The maximum absolute atomic E-state index is 12.4. The summed E-state index contributed by atoms with van der Waals surface area (Å²) in [5.74, 6) is -0.860. The zero-order valence-corrected chi connectivity index (χ0v) is 14.1. The molecule has 2 fully saturated rings. The predicted octanol–water partition coefficient (Wildman–Crippen LogP) is 1.30. The van der Waals surface area contributed by atoms with Gasteiger partial charge >= 0.3 is 5.97 Å². The number of amides is 2. The molecular weight excluding hydrogens is 304 g/mol. The number of carboxylic acids is 1. The Labute approximate surface area is 135 Å². The first kappa shape index (κ1) is 17.1. The van der Waals surface area contributed by atoms with Crippen LogP contribution in [0.2, 0.25) is 0 Å². The molecule has 2 amide bonds. The van der Waals surface area contributed by atoms with E-state index in [1.807, 2.05) is 20.8 Å². The fraction of sp³-hybridized carbons (Fsp3) is 0.800. The lowest BCUT2D eigenvalue weighted by molar-refractivity contribution is -0.143. The number of hydrogen-bond donors (Lipinski definition) is 2. The van der Waals surface area contributed by atoms with Crippen LogP contribution in [0.4, 0.5) is 0 Å². The highest BCUT2D eigenvalue weighted by molar-refractivity contribution is 8.01. The van der Waals surface area contributed by atoms with E-state index in [1.54, 1.807) is 16.7 Å². The lowest BCUT2D eigenvalue weighted by Gasteiger charge is -2.30. The van der Waals surface area contributed by atoms with Crippen LogP contribution in [-0.2, 0) is 14.4 Å². The summed E-state index contributed by atoms with van der Waals surface area (Å²) >= 11 is 1.63. The monoisotopic (exact) mass is 328 g/mol. The lowest BCUT2D eigenvalue weighted by atomic mass is 9.97. The minimum Gasteiger partial charge on any atom is -0.481 e. The Morgan fingerprint density at radius 1 is 1.50 bits per heavy atom.